The summed E-state index contributed by atoms with van der Waals surface area (Å²) < 4.78 is 46.0. The number of amides is 3. The number of alkyl halides is 3. The van der Waals surface area contributed by atoms with Crippen LogP contribution in [0.1, 0.15) is 62.6 Å². The third-order valence-corrected chi connectivity index (χ3v) is 7.19. The molecule has 0 saturated heterocycles. The van der Waals surface area contributed by atoms with Crippen molar-refractivity contribution in [3.8, 4) is 5.75 Å². The Bertz CT molecular complexity index is 1240. The molecule has 38 heavy (non-hydrogen) atoms. The summed E-state index contributed by atoms with van der Waals surface area (Å²) in [5, 5.41) is 14.6. The Morgan fingerprint density at radius 1 is 1.18 bits per heavy atom. The quantitative estimate of drug-likeness (QED) is 0.280. The maximum Gasteiger partial charge on any atom is 0.416 e. The number of benzene rings is 2. The fourth-order valence-electron chi connectivity index (χ4n) is 4.84. The van der Waals surface area contributed by atoms with Crippen molar-refractivity contribution in [2.75, 3.05) is 23.8 Å². The van der Waals surface area contributed by atoms with Crippen molar-refractivity contribution in [1.29, 1.82) is 0 Å². The highest BCUT2D eigenvalue weighted by Crippen LogP contribution is 2.45. The fourth-order valence-corrected chi connectivity index (χ4v) is 4.84. The van der Waals surface area contributed by atoms with E-state index in [4.69, 9.17) is 9.84 Å². The molecular weight excluding hydrogens is 499 g/mol. The molecule has 0 radical (unpaired) electrons. The molecule has 0 spiro atoms. The van der Waals surface area contributed by atoms with E-state index in [0.717, 1.165) is 17.7 Å². The maximum atomic E-state index is 13.3. The molecule has 2 aliphatic heterocycles. The molecule has 204 valence electrons. The van der Waals surface area contributed by atoms with Gasteiger partial charge in [-0.1, -0.05) is 26.0 Å². The highest BCUT2D eigenvalue weighted by Gasteiger charge is 2.38. The van der Waals surface area contributed by atoms with Gasteiger partial charge in [0.25, 0.3) is 0 Å². The number of carbonyl (C=O) groups is 2. The summed E-state index contributed by atoms with van der Waals surface area (Å²) in [5.41, 5.74) is 1.55. The third-order valence-electron chi connectivity index (χ3n) is 7.19. The fraction of sp³-hybridized carbons (Fsp3) is 0.429. The van der Waals surface area contributed by atoms with Crippen molar-refractivity contribution in [3.05, 3.63) is 59.2 Å². The number of fused-ring (bicyclic) bond motifs is 2. The molecule has 3 amide bonds. The Morgan fingerprint density at radius 2 is 1.95 bits per heavy atom. The average Bonchev–Trinajstić information content (AvgIpc) is 2.88. The number of urea groups is 1. The molecule has 3 N–H and O–H groups in total. The van der Waals surface area contributed by atoms with Crippen LogP contribution in [-0.4, -0.2) is 40.7 Å². The Hall–Kier alpha value is -3.53. The smallest absolute Gasteiger partial charge is 0.416 e. The SMILES string of the molecule is CCC1(CC)CC(=CC(=O)Nc2ccc3c(c2)NC(=O)N(CCCCO)C3)c2ccc(C(F)(F)F)cc2O1. The van der Waals surface area contributed by atoms with Crippen molar-refractivity contribution in [3.63, 3.8) is 0 Å². The second kappa shape index (κ2) is 11.1. The van der Waals surface area contributed by atoms with Gasteiger partial charge in [-0.3, -0.25) is 4.79 Å². The molecule has 0 bridgehead atoms. The van der Waals surface area contributed by atoms with Crippen molar-refractivity contribution in [1.82, 2.24) is 4.90 Å². The summed E-state index contributed by atoms with van der Waals surface area (Å²) in [6, 6.07) is 8.37. The maximum absolute atomic E-state index is 13.3. The van der Waals surface area contributed by atoms with Gasteiger partial charge in [0.1, 0.15) is 11.4 Å². The molecule has 7 nitrogen and oxygen atoms in total. The van der Waals surface area contributed by atoms with E-state index >= 15 is 0 Å². The lowest BCUT2D eigenvalue weighted by Crippen LogP contribution is -2.39. The molecule has 0 fully saturated rings. The average molecular weight is 532 g/mol. The lowest BCUT2D eigenvalue weighted by molar-refractivity contribution is -0.137. The van der Waals surface area contributed by atoms with E-state index in [2.05, 4.69) is 10.6 Å². The minimum atomic E-state index is -4.50. The Balaban J connectivity index is 1.55. The minimum absolute atomic E-state index is 0.0797. The minimum Gasteiger partial charge on any atom is -0.486 e. The standard InChI is InChI=1S/C28H32F3N3O4/c1-3-27(4-2)16-19(22-10-8-20(28(29,30)31)14-24(22)38-27)13-25(36)32-21-9-7-18-17-34(11-5-6-12-35)26(37)33-23(18)15-21/h7-10,13-15,35H,3-6,11-12,16-17H2,1-2H3,(H,32,36)(H,33,37). The van der Waals surface area contributed by atoms with Gasteiger partial charge >= 0.3 is 12.2 Å². The predicted molar refractivity (Wildman–Crippen MR) is 139 cm³/mol. The second-order valence-electron chi connectivity index (χ2n) is 9.69. The van der Waals surface area contributed by atoms with Gasteiger partial charge in [-0.25, -0.2) is 4.79 Å². The zero-order valence-corrected chi connectivity index (χ0v) is 21.5. The van der Waals surface area contributed by atoms with Crippen LogP contribution < -0.4 is 15.4 Å². The van der Waals surface area contributed by atoms with E-state index in [1.54, 1.807) is 17.0 Å². The zero-order valence-electron chi connectivity index (χ0n) is 21.5. The van der Waals surface area contributed by atoms with E-state index in [-0.39, 0.29) is 18.4 Å². The summed E-state index contributed by atoms with van der Waals surface area (Å²) in [6.45, 7) is 4.86. The lowest BCUT2D eigenvalue weighted by atomic mass is 9.83. The Kier molecular flexibility index (Phi) is 8.01. The van der Waals surface area contributed by atoms with Crippen LogP contribution in [0.4, 0.5) is 29.3 Å². The van der Waals surface area contributed by atoms with E-state index in [1.807, 2.05) is 19.9 Å². The zero-order chi connectivity index (χ0) is 27.5. The van der Waals surface area contributed by atoms with E-state index in [0.29, 0.717) is 67.7 Å². The Labute approximate surface area is 219 Å². The molecule has 0 unspecified atom stereocenters. The van der Waals surface area contributed by atoms with E-state index in [1.165, 1.54) is 12.1 Å². The van der Waals surface area contributed by atoms with Gasteiger partial charge in [-0.15, -0.1) is 0 Å². The van der Waals surface area contributed by atoms with Crippen LogP contribution in [0, 0.1) is 0 Å². The first kappa shape index (κ1) is 27.5. The molecular formula is C28H32F3N3O4. The number of nitrogens with one attached hydrogen (secondary N) is 2. The highest BCUT2D eigenvalue weighted by atomic mass is 19.4. The molecule has 2 aromatic carbocycles. The van der Waals surface area contributed by atoms with Gasteiger partial charge in [-0.05, 0) is 61.1 Å². The van der Waals surface area contributed by atoms with Crippen molar-refractivity contribution in [2.45, 2.75) is 64.3 Å². The van der Waals surface area contributed by atoms with Crippen LogP contribution in [0.3, 0.4) is 0 Å². The third kappa shape index (κ3) is 5.96. The molecule has 2 aliphatic rings. The number of nitrogens with zero attached hydrogens (tertiary/aromatic N) is 1. The van der Waals surface area contributed by atoms with Crippen molar-refractivity contribution >= 4 is 28.9 Å². The van der Waals surface area contributed by atoms with Crippen LogP contribution in [0.25, 0.3) is 5.57 Å². The molecule has 2 aromatic rings. The largest absolute Gasteiger partial charge is 0.486 e. The molecule has 0 atom stereocenters. The first-order valence-electron chi connectivity index (χ1n) is 12.8. The molecule has 4 rings (SSSR count). The number of anilines is 2. The number of unbranched alkanes of at least 4 members (excludes halogenated alkanes) is 1. The van der Waals surface area contributed by atoms with Gasteiger partial charge in [0.15, 0.2) is 0 Å². The second-order valence-corrected chi connectivity index (χ2v) is 9.69. The van der Waals surface area contributed by atoms with Gasteiger partial charge in [0.2, 0.25) is 5.91 Å². The first-order chi connectivity index (χ1) is 18.1. The lowest BCUT2D eigenvalue weighted by Gasteiger charge is -2.39. The number of aliphatic hydroxyl groups is 1. The van der Waals surface area contributed by atoms with Crippen molar-refractivity contribution < 1.29 is 32.6 Å². The van der Waals surface area contributed by atoms with Gasteiger partial charge in [0, 0.05) is 49.1 Å². The van der Waals surface area contributed by atoms with Crippen LogP contribution in [0.2, 0.25) is 0 Å². The van der Waals surface area contributed by atoms with Gasteiger partial charge in [0.05, 0.1) is 5.56 Å². The van der Waals surface area contributed by atoms with E-state index < -0.39 is 23.2 Å². The van der Waals surface area contributed by atoms with Crippen LogP contribution in [-0.2, 0) is 17.5 Å². The summed E-state index contributed by atoms with van der Waals surface area (Å²) in [4.78, 5) is 27.1. The number of hydrogen-bond donors (Lipinski definition) is 3. The Morgan fingerprint density at radius 3 is 2.63 bits per heavy atom. The summed E-state index contributed by atoms with van der Waals surface area (Å²) in [6.07, 6.45) is -0.246. The normalized spacial score (nSPS) is 17.4. The highest BCUT2D eigenvalue weighted by molar-refractivity contribution is 6.05. The van der Waals surface area contributed by atoms with E-state index in [9.17, 15) is 22.8 Å². The van der Waals surface area contributed by atoms with Crippen LogP contribution in [0.15, 0.2) is 42.5 Å². The monoisotopic (exact) mass is 531 g/mol. The topological polar surface area (TPSA) is 90.9 Å². The number of aliphatic hydroxyl groups excluding tert-OH is 1. The summed E-state index contributed by atoms with van der Waals surface area (Å²) in [5.74, 6) is -0.310. The molecule has 0 aromatic heterocycles. The van der Waals surface area contributed by atoms with Crippen LogP contribution in [0.5, 0.6) is 5.75 Å². The van der Waals surface area contributed by atoms with Gasteiger partial charge in [-0.2, -0.15) is 13.2 Å². The number of rotatable bonds is 8. The van der Waals surface area contributed by atoms with Crippen LogP contribution >= 0.6 is 0 Å². The number of hydrogen-bond acceptors (Lipinski definition) is 4. The van der Waals surface area contributed by atoms with Crippen molar-refractivity contribution in [2.24, 2.45) is 0 Å². The predicted octanol–water partition coefficient (Wildman–Crippen LogP) is 6.19. The molecule has 0 saturated carbocycles. The molecule has 2 heterocycles. The molecule has 0 aliphatic carbocycles. The van der Waals surface area contributed by atoms with Gasteiger partial charge < -0.3 is 25.4 Å². The number of ether oxygens (including phenoxy) is 1. The molecule has 10 heteroatoms. The number of halogens is 3. The summed E-state index contributed by atoms with van der Waals surface area (Å²) in [7, 11) is 0. The first-order valence-corrected chi connectivity index (χ1v) is 12.8. The number of carbonyl (C=O) groups excluding carboxylic acids is 2. The summed E-state index contributed by atoms with van der Waals surface area (Å²) >= 11 is 0.